The normalized spacial score (nSPS) is 29.7. The van der Waals surface area contributed by atoms with Gasteiger partial charge in [0.15, 0.2) is 17.8 Å². The highest BCUT2D eigenvalue weighted by molar-refractivity contribution is 5.81. The van der Waals surface area contributed by atoms with E-state index in [9.17, 15) is 20.4 Å². The maximum absolute atomic E-state index is 9.96. The van der Waals surface area contributed by atoms with Gasteiger partial charge in [-0.1, -0.05) is 6.92 Å². The number of ether oxygens (including phenoxy) is 2. The van der Waals surface area contributed by atoms with Crippen LogP contribution in [0.15, 0.2) is 12.7 Å². The molecule has 0 bridgehead atoms. The number of fused-ring (bicyclic) bond motifs is 1. The number of nitrogens with zero attached hydrogens (tertiary/aromatic N) is 3. The quantitative estimate of drug-likeness (QED) is 0.319. The Hall–Kier alpha value is -1.89. The molecule has 11 nitrogen and oxygen atoms in total. The van der Waals surface area contributed by atoms with Gasteiger partial charge in [-0.15, -0.1) is 0 Å². The number of nitrogens with one attached hydrogen (secondary N) is 2. The van der Waals surface area contributed by atoms with E-state index in [4.69, 9.17) is 9.47 Å². The van der Waals surface area contributed by atoms with Crippen molar-refractivity contribution in [2.75, 3.05) is 25.1 Å². The summed E-state index contributed by atoms with van der Waals surface area (Å²) in [5.74, 6) is 0.781. The van der Waals surface area contributed by atoms with Gasteiger partial charge in [-0.05, 0) is 12.3 Å². The van der Waals surface area contributed by atoms with Crippen molar-refractivity contribution in [1.29, 1.82) is 0 Å². The highest BCUT2D eigenvalue weighted by Crippen LogP contribution is 2.22. The van der Waals surface area contributed by atoms with Crippen molar-refractivity contribution < 1.29 is 29.9 Å². The lowest BCUT2D eigenvalue weighted by Crippen LogP contribution is -2.59. The summed E-state index contributed by atoms with van der Waals surface area (Å²) in [4.78, 5) is 15.3. The average molecular weight is 383 g/mol. The summed E-state index contributed by atoms with van der Waals surface area (Å²) in [7, 11) is 0. The summed E-state index contributed by atoms with van der Waals surface area (Å²) >= 11 is 0. The first-order valence-electron chi connectivity index (χ1n) is 8.81. The van der Waals surface area contributed by atoms with Gasteiger partial charge in [-0.2, -0.15) is 0 Å². The number of aromatic nitrogens is 4. The van der Waals surface area contributed by atoms with E-state index in [1.807, 2.05) is 6.92 Å². The molecule has 2 aromatic heterocycles. The molecule has 2 unspecified atom stereocenters. The fourth-order valence-electron chi connectivity index (χ4n) is 2.88. The zero-order chi connectivity index (χ0) is 19.4. The van der Waals surface area contributed by atoms with Crippen molar-refractivity contribution in [2.24, 2.45) is 5.92 Å². The minimum absolute atomic E-state index is 0.115. The van der Waals surface area contributed by atoms with E-state index in [1.165, 1.54) is 6.33 Å². The predicted molar refractivity (Wildman–Crippen MR) is 93.7 cm³/mol. The number of hydrogen-bond donors (Lipinski definition) is 6. The van der Waals surface area contributed by atoms with Crippen molar-refractivity contribution in [1.82, 2.24) is 19.9 Å². The van der Waals surface area contributed by atoms with Crippen molar-refractivity contribution in [2.45, 2.75) is 44.1 Å². The standard InChI is InChI=1S/C16H25N5O6/c1-8(2-3-17-14-10-15(19-6-18-10)21-7-20-14)5-26-16-13(25)12(24)11(23)9(4-22)27-16/h6-9,11-13,16,22-25H,2-5H2,1H3,(H2,17,18,19,20,21)/t8?,9-,11-,12+,13-,16?/m1/s1. The second-order valence-corrected chi connectivity index (χ2v) is 6.67. The summed E-state index contributed by atoms with van der Waals surface area (Å²) < 4.78 is 10.9. The van der Waals surface area contributed by atoms with Crippen LogP contribution in [0.25, 0.3) is 11.2 Å². The predicted octanol–water partition coefficient (Wildman–Crippen LogP) is -1.39. The molecule has 1 aliphatic heterocycles. The van der Waals surface area contributed by atoms with E-state index in [0.717, 1.165) is 11.9 Å². The molecule has 0 radical (unpaired) electrons. The third kappa shape index (κ3) is 4.51. The Bertz CT molecular complexity index is 728. The van der Waals surface area contributed by atoms with Gasteiger partial charge in [0.05, 0.1) is 19.5 Å². The minimum atomic E-state index is -1.44. The number of anilines is 1. The van der Waals surface area contributed by atoms with Gasteiger partial charge >= 0.3 is 0 Å². The number of rotatable bonds is 8. The van der Waals surface area contributed by atoms with E-state index < -0.39 is 37.3 Å². The van der Waals surface area contributed by atoms with Gasteiger partial charge in [0, 0.05) is 6.54 Å². The lowest BCUT2D eigenvalue weighted by atomic mass is 9.99. The summed E-state index contributed by atoms with van der Waals surface area (Å²) in [6, 6.07) is 0. The topological polar surface area (TPSA) is 166 Å². The van der Waals surface area contributed by atoms with Crippen LogP contribution in [-0.4, -0.2) is 90.8 Å². The maximum Gasteiger partial charge on any atom is 0.186 e. The van der Waals surface area contributed by atoms with Crippen LogP contribution in [-0.2, 0) is 9.47 Å². The van der Waals surface area contributed by atoms with Crippen molar-refractivity contribution in [3.05, 3.63) is 12.7 Å². The third-order valence-electron chi connectivity index (χ3n) is 4.55. The van der Waals surface area contributed by atoms with E-state index in [2.05, 4.69) is 25.3 Å². The molecule has 6 N–H and O–H groups in total. The van der Waals surface area contributed by atoms with Gasteiger partial charge < -0.3 is 40.2 Å². The maximum atomic E-state index is 9.96. The van der Waals surface area contributed by atoms with E-state index in [-0.39, 0.29) is 12.5 Å². The molecule has 1 fully saturated rings. The molecule has 0 spiro atoms. The minimum Gasteiger partial charge on any atom is -0.394 e. The molecule has 150 valence electrons. The Kier molecular flexibility index (Phi) is 6.52. The van der Waals surface area contributed by atoms with Gasteiger partial charge in [-0.3, -0.25) is 0 Å². The second-order valence-electron chi connectivity index (χ2n) is 6.67. The average Bonchev–Trinajstić information content (AvgIpc) is 3.15. The molecule has 3 rings (SSSR count). The summed E-state index contributed by atoms with van der Waals surface area (Å²) in [5.41, 5.74) is 1.33. The summed E-state index contributed by atoms with van der Waals surface area (Å²) in [6.45, 7) is 2.39. The lowest BCUT2D eigenvalue weighted by molar-refractivity contribution is -0.303. The van der Waals surface area contributed by atoms with E-state index >= 15 is 0 Å². The highest BCUT2D eigenvalue weighted by atomic mass is 16.7. The van der Waals surface area contributed by atoms with Crippen LogP contribution in [0.2, 0.25) is 0 Å². The van der Waals surface area contributed by atoms with Gasteiger partial charge in [0.25, 0.3) is 0 Å². The first-order chi connectivity index (χ1) is 13.0. The zero-order valence-electron chi connectivity index (χ0n) is 14.9. The van der Waals surface area contributed by atoms with Crippen molar-refractivity contribution in [3.8, 4) is 0 Å². The number of imidazole rings is 1. The van der Waals surface area contributed by atoms with Crippen molar-refractivity contribution >= 4 is 17.0 Å². The molecule has 0 aromatic carbocycles. The number of aliphatic hydroxyl groups is 4. The number of H-pyrrole nitrogens is 1. The largest absolute Gasteiger partial charge is 0.394 e. The number of hydrogen-bond acceptors (Lipinski definition) is 10. The molecule has 27 heavy (non-hydrogen) atoms. The molecule has 3 heterocycles. The summed E-state index contributed by atoms with van der Waals surface area (Å²) in [6.07, 6.45) is -2.55. The van der Waals surface area contributed by atoms with Crippen LogP contribution in [0.1, 0.15) is 13.3 Å². The van der Waals surface area contributed by atoms with E-state index in [0.29, 0.717) is 18.0 Å². The van der Waals surface area contributed by atoms with Gasteiger partial charge in [0.2, 0.25) is 0 Å². The van der Waals surface area contributed by atoms with Crippen LogP contribution >= 0.6 is 0 Å². The second kappa shape index (κ2) is 8.87. The molecule has 6 atom stereocenters. The molecule has 1 saturated heterocycles. The summed E-state index contributed by atoms with van der Waals surface area (Å²) in [5, 5.41) is 41.9. The van der Waals surface area contributed by atoms with Gasteiger partial charge in [-0.25, -0.2) is 15.0 Å². The lowest BCUT2D eigenvalue weighted by Gasteiger charge is -2.39. The smallest absolute Gasteiger partial charge is 0.186 e. The molecular formula is C16H25N5O6. The van der Waals surface area contributed by atoms with Crippen LogP contribution in [0.4, 0.5) is 5.82 Å². The SMILES string of the molecule is CC(CCNc1ncnc2nc[nH]c12)COC1O[C@H](CO)[C@@H](O)[C@H](O)[C@H]1O. The van der Waals surface area contributed by atoms with Crippen LogP contribution in [0.3, 0.4) is 0 Å². The molecule has 1 aliphatic rings. The highest BCUT2D eigenvalue weighted by Gasteiger charge is 2.44. The Balaban J connectivity index is 1.44. The van der Waals surface area contributed by atoms with Crippen LogP contribution in [0.5, 0.6) is 0 Å². The zero-order valence-corrected chi connectivity index (χ0v) is 14.9. The fraction of sp³-hybridized carbons (Fsp3) is 0.688. The number of aliphatic hydroxyl groups excluding tert-OH is 4. The Morgan fingerprint density at radius 2 is 2.04 bits per heavy atom. The first kappa shape index (κ1) is 19.9. The van der Waals surface area contributed by atoms with Crippen molar-refractivity contribution in [3.63, 3.8) is 0 Å². The first-order valence-corrected chi connectivity index (χ1v) is 8.81. The molecule has 11 heteroatoms. The monoisotopic (exact) mass is 383 g/mol. The van der Waals surface area contributed by atoms with Crippen LogP contribution in [0, 0.1) is 5.92 Å². The molecule has 0 aliphatic carbocycles. The number of aromatic amines is 1. The Morgan fingerprint density at radius 1 is 1.22 bits per heavy atom. The molecule has 0 saturated carbocycles. The van der Waals surface area contributed by atoms with Gasteiger partial charge in [0.1, 0.15) is 36.3 Å². The third-order valence-corrected chi connectivity index (χ3v) is 4.55. The molecular weight excluding hydrogens is 358 g/mol. The fourth-order valence-corrected chi connectivity index (χ4v) is 2.88. The molecule has 2 aromatic rings. The Labute approximate surface area is 155 Å². The van der Waals surface area contributed by atoms with E-state index in [1.54, 1.807) is 6.33 Å². The van der Waals surface area contributed by atoms with Crippen LogP contribution < -0.4 is 5.32 Å². The molecule has 0 amide bonds. The Morgan fingerprint density at radius 3 is 2.81 bits per heavy atom.